The molecule has 1 amide bonds. The molecule has 2 rings (SSSR count). The van der Waals surface area contributed by atoms with Crippen LogP contribution in [0.1, 0.15) is 11.1 Å². The first kappa shape index (κ1) is 15.0. The monoisotopic (exact) mass is 287 g/mol. The van der Waals surface area contributed by atoms with E-state index in [4.69, 9.17) is 4.74 Å². The van der Waals surface area contributed by atoms with Crippen LogP contribution in [0.5, 0.6) is 5.75 Å². The molecule has 0 aliphatic heterocycles. The van der Waals surface area contributed by atoms with Gasteiger partial charge in [-0.25, -0.2) is 4.39 Å². The first-order chi connectivity index (χ1) is 10.1. The number of methoxy groups -OCH3 is 1. The lowest BCUT2D eigenvalue weighted by Gasteiger charge is -2.18. The Kier molecular flexibility index (Phi) is 4.93. The molecule has 110 valence electrons. The van der Waals surface area contributed by atoms with Crippen molar-refractivity contribution in [3.63, 3.8) is 0 Å². The molecule has 21 heavy (non-hydrogen) atoms. The number of ether oxygens (including phenoxy) is 1. The van der Waals surface area contributed by atoms with Crippen LogP contribution in [0.25, 0.3) is 0 Å². The second kappa shape index (κ2) is 6.88. The van der Waals surface area contributed by atoms with Crippen molar-refractivity contribution in [2.75, 3.05) is 14.2 Å². The molecule has 4 heteroatoms. The molecule has 2 aromatic rings. The van der Waals surface area contributed by atoms with Crippen molar-refractivity contribution >= 4 is 5.91 Å². The van der Waals surface area contributed by atoms with Crippen molar-refractivity contribution in [3.05, 3.63) is 65.5 Å². The standard InChI is InChI=1S/C17H18FNO2/c1-19(12-13-7-9-15(18)10-8-13)17(20)11-14-5-3-4-6-16(14)21-2/h3-10H,11-12H2,1-2H3. The Hall–Kier alpha value is -2.36. The van der Waals surface area contributed by atoms with Crippen LogP contribution in [0.15, 0.2) is 48.5 Å². The molecule has 0 atom stereocenters. The summed E-state index contributed by atoms with van der Waals surface area (Å²) in [5, 5.41) is 0. The molecule has 0 aliphatic carbocycles. The molecule has 0 heterocycles. The van der Waals surface area contributed by atoms with Crippen LogP contribution in [0.3, 0.4) is 0 Å². The smallest absolute Gasteiger partial charge is 0.227 e. The summed E-state index contributed by atoms with van der Waals surface area (Å²) in [5.41, 5.74) is 1.75. The molecule has 0 saturated carbocycles. The fourth-order valence-corrected chi connectivity index (χ4v) is 2.10. The van der Waals surface area contributed by atoms with E-state index >= 15 is 0 Å². The molecule has 0 spiro atoms. The average molecular weight is 287 g/mol. The van der Waals surface area contributed by atoms with Gasteiger partial charge < -0.3 is 9.64 Å². The molecule has 0 aliphatic rings. The Morgan fingerprint density at radius 2 is 1.81 bits per heavy atom. The summed E-state index contributed by atoms with van der Waals surface area (Å²) >= 11 is 0. The van der Waals surface area contributed by atoms with Crippen LogP contribution in [-0.2, 0) is 17.8 Å². The predicted octanol–water partition coefficient (Wildman–Crippen LogP) is 3.04. The first-order valence-electron chi connectivity index (χ1n) is 6.70. The number of carbonyl (C=O) groups is 1. The van der Waals surface area contributed by atoms with Crippen molar-refractivity contribution < 1.29 is 13.9 Å². The zero-order chi connectivity index (χ0) is 15.2. The molecule has 0 fully saturated rings. The summed E-state index contributed by atoms with van der Waals surface area (Å²) in [7, 11) is 3.33. The number of benzene rings is 2. The highest BCUT2D eigenvalue weighted by Gasteiger charge is 2.13. The minimum absolute atomic E-state index is 0.0103. The van der Waals surface area contributed by atoms with E-state index in [2.05, 4.69) is 0 Å². The van der Waals surface area contributed by atoms with Crippen LogP contribution in [0, 0.1) is 5.82 Å². The van der Waals surface area contributed by atoms with Crippen molar-refractivity contribution in [2.45, 2.75) is 13.0 Å². The fraction of sp³-hybridized carbons (Fsp3) is 0.235. The third kappa shape index (κ3) is 4.05. The van der Waals surface area contributed by atoms with Gasteiger partial charge >= 0.3 is 0 Å². The van der Waals surface area contributed by atoms with Gasteiger partial charge in [0.05, 0.1) is 13.5 Å². The maximum absolute atomic E-state index is 12.9. The van der Waals surface area contributed by atoms with Crippen molar-refractivity contribution in [1.82, 2.24) is 4.90 Å². The van der Waals surface area contributed by atoms with E-state index in [0.717, 1.165) is 11.1 Å². The second-order valence-corrected chi connectivity index (χ2v) is 4.86. The van der Waals surface area contributed by atoms with Crippen molar-refractivity contribution in [3.8, 4) is 5.75 Å². The average Bonchev–Trinajstić information content (AvgIpc) is 2.50. The number of hydrogen-bond donors (Lipinski definition) is 0. The van der Waals surface area contributed by atoms with Gasteiger partial charge in [-0.2, -0.15) is 0 Å². The van der Waals surface area contributed by atoms with Gasteiger partial charge in [0.1, 0.15) is 11.6 Å². The molecular formula is C17H18FNO2. The maximum Gasteiger partial charge on any atom is 0.227 e. The predicted molar refractivity (Wildman–Crippen MR) is 79.6 cm³/mol. The number of likely N-dealkylation sites (N-methyl/N-ethyl adjacent to an activating group) is 1. The van der Waals surface area contributed by atoms with Crippen LogP contribution < -0.4 is 4.74 Å². The Labute approximate surface area is 124 Å². The van der Waals surface area contributed by atoms with E-state index < -0.39 is 0 Å². The largest absolute Gasteiger partial charge is 0.496 e. The molecule has 2 aromatic carbocycles. The number of amides is 1. The van der Waals surface area contributed by atoms with Gasteiger partial charge in [-0.15, -0.1) is 0 Å². The summed E-state index contributed by atoms with van der Waals surface area (Å²) < 4.78 is 18.1. The van der Waals surface area contributed by atoms with Crippen LogP contribution in [0.4, 0.5) is 4.39 Å². The number of nitrogens with zero attached hydrogens (tertiary/aromatic N) is 1. The third-order valence-corrected chi connectivity index (χ3v) is 3.29. The van der Waals surface area contributed by atoms with Crippen molar-refractivity contribution in [1.29, 1.82) is 0 Å². The number of para-hydroxylation sites is 1. The van der Waals surface area contributed by atoms with Gasteiger partial charge in [0.25, 0.3) is 0 Å². The Balaban J connectivity index is 2.01. The van der Waals surface area contributed by atoms with Crippen LogP contribution in [-0.4, -0.2) is 25.0 Å². The molecular weight excluding hydrogens is 269 g/mol. The van der Waals surface area contributed by atoms with Gasteiger partial charge in [0, 0.05) is 19.2 Å². The highest BCUT2D eigenvalue weighted by atomic mass is 19.1. The van der Waals surface area contributed by atoms with Crippen LogP contribution in [0.2, 0.25) is 0 Å². The van der Waals surface area contributed by atoms with Gasteiger partial charge in [0.2, 0.25) is 5.91 Å². The summed E-state index contributed by atoms with van der Waals surface area (Å²) in [6.45, 7) is 0.453. The van der Waals surface area contributed by atoms with E-state index in [1.54, 1.807) is 31.2 Å². The van der Waals surface area contributed by atoms with E-state index in [-0.39, 0.29) is 18.1 Å². The Bertz CT molecular complexity index is 610. The number of carbonyl (C=O) groups excluding carboxylic acids is 1. The summed E-state index contributed by atoms with van der Waals surface area (Å²) in [6, 6.07) is 13.6. The highest BCUT2D eigenvalue weighted by molar-refractivity contribution is 5.79. The maximum atomic E-state index is 12.9. The van der Waals surface area contributed by atoms with E-state index in [1.807, 2.05) is 24.3 Å². The van der Waals surface area contributed by atoms with E-state index in [0.29, 0.717) is 12.3 Å². The lowest BCUT2D eigenvalue weighted by molar-refractivity contribution is -0.129. The number of hydrogen-bond acceptors (Lipinski definition) is 2. The molecule has 0 aromatic heterocycles. The lowest BCUT2D eigenvalue weighted by Crippen LogP contribution is -2.27. The Morgan fingerprint density at radius 1 is 1.14 bits per heavy atom. The highest BCUT2D eigenvalue weighted by Crippen LogP contribution is 2.18. The van der Waals surface area contributed by atoms with Crippen molar-refractivity contribution in [2.24, 2.45) is 0 Å². The van der Waals surface area contributed by atoms with Gasteiger partial charge in [0.15, 0.2) is 0 Å². The summed E-state index contributed by atoms with van der Waals surface area (Å²) in [6.07, 6.45) is 0.279. The number of rotatable bonds is 5. The second-order valence-electron chi connectivity index (χ2n) is 4.86. The minimum Gasteiger partial charge on any atom is -0.496 e. The van der Waals surface area contributed by atoms with Gasteiger partial charge in [-0.3, -0.25) is 4.79 Å². The summed E-state index contributed by atoms with van der Waals surface area (Å²) in [4.78, 5) is 13.9. The van der Waals surface area contributed by atoms with Gasteiger partial charge in [-0.05, 0) is 23.8 Å². The minimum atomic E-state index is -0.276. The van der Waals surface area contributed by atoms with E-state index in [9.17, 15) is 9.18 Å². The Morgan fingerprint density at radius 3 is 2.48 bits per heavy atom. The molecule has 0 bridgehead atoms. The van der Waals surface area contributed by atoms with E-state index in [1.165, 1.54) is 12.1 Å². The zero-order valence-electron chi connectivity index (χ0n) is 12.2. The lowest BCUT2D eigenvalue weighted by atomic mass is 10.1. The zero-order valence-corrected chi connectivity index (χ0v) is 12.2. The first-order valence-corrected chi connectivity index (χ1v) is 6.70. The molecule has 0 N–H and O–H groups in total. The molecule has 0 unspecified atom stereocenters. The van der Waals surface area contributed by atoms with Gasteiger partial charge in [-0.1, -0.05) is 30.3 Å². The quantitative estimate of drug-likeness (QED) is 0.846. The SMILES string of the molecule is COc1ccccc1CC(=O)N(C)Cc1ccc(F)cc1. The van der Waals surface area contributed by atoms with Crippen LogP contribution >= 0.6 is 0 Å². The third-order valence-electron chi connectivity index (χ3n) is 3.29. The fourth-order valence-electron chi connectivity index (χ4n) is 2.10. The molecule has 0 saturated heterocycles. The normalized spacial score (nSPS) is 10.2. The molecule has 3 nitrogen and oxygen atoms in total. The number of halogens is 1. The molecule has 0 radical (unpaired) electrons. The summed E-state index contributed by atoms with van der Waals surface area (Å²) in [5.74, 6) is 0.423. The topological polar surface area (TPSA) is 29.5 Å².